The monoisotopic (exact) mass is 252 g/mol. The maximum atomic E-state index is 11.4. The molecule has 0 heterocycles. The van der Waals surface area contributed by atoms with Crippen LogP contribution in [0.3, 0.4) is 0 Å². The second-order valence-electron chi connectivity index (χ2n) is 3.65. The number of ether oxygens (including phenoxy) is 1. The fourth-order valence-corrected chi connectivity index (χ4v) is 1.47. The van der Waals surface area contributed by atoms with E-state index in [4.69, 9.17) is 10.9 Å². The van der Waals surface area contributed by atoms with E-state index in [0.717, 1.165) is 5.56 Å². The maximum Gasteiger partial charge on any atom is 0.424 e. The number of nitrogens with zero attached hydrogens (tertiary/aromatic N) is 1. The molecule has 0 aliphatic rings. The highest BCUT2D eigenvalue weighted by molar-refractivity contribution is 5.79. The van der Waals surface area contributed by atoms with Crippen LogP contribution >= 0.6 is 0 Å². The Morgan fingerprint density at radius 3 is 2.50 bits per heavy atom. The van der Waals surface area contributed by atoms with Crippen LogP contribution in [0.1, 0.15) is 12.5 Å². The molecule has 0 aromatic heterocycles. The minimum absolute atomic E-state index is 0.130. The van der Waals surface area contributed by atoms with Gasteiger partial charge < -0.3 is 9.84 Å². The molecule has 1 atom stereocenters. The Morgan fingerprint density at radius 2 is 2.00 bits per heavy atom. The van der Waals surface area contributed by atoms with Crippen LogP contribution in [0.2, 0.25) is 0 Å². The third kappa shape index (κ3) is 3.74. The topological polar surface area (TPSA) is 92.9 Å². The summed E-state index contributed by atoms with van der Waals surface area (Å²) >= 11 is 0. The summed E-state index contributed by atoms with van der Waals surface area (Å²) in [7, 11) is 0. The fraction of sp³-hybridized carbons (Fsp3) is 0.333. The molecule has 0 radical (unpaired) electrons. The Morgan fingerprint density at radius 1 is 1.39 bits per heavy atom. The second kappa shape index (κ2) is 6.61. The summed E-state index contributed by atoms with van der Waals surface area (Å²) in [6, 6.07) is 7.81. The normalized spacial score (nSPS) is 11.7. The number of hydrogen-bond donors (Lipinski definition) is 2. The van der Waals surface area contributed by atoms with Crippen LogP contribution in [-0.2, 0) is 16.0 Å². The molecule has 1 rings (SSSR count). The fourth-order valence-electron chi connectivity index (χ4n) is 1.47. The number of carbonyl (C=O) groups is 2. The first-order valence-corrected chi connectivity index (χ1v) is 5.53. The SMILES string of the molecule is CCOC(=O)N(N)C(Cc1ccccc1)C(=O)O. The van der Waals surface area contributed by atoms with Crippen LogP contribution in [0.25, 0.3) is 0 Å². The molecule has 1 aromatic carbocycles. The van der Waals surface area contributed by atoms with Crippen molar-refractivity contribution in [2.24, 2.45) is 5.84 Å². The Hall–Kier alpha value is -2.08. The van der Waals surface area contributed by atoms with Crippen molar-refractivity contribution in [3.8, 4) is 0 Å². The van der Waals surface area contributed by atoms with Crippen LogP contribution in [-0.4, -0.2) is 34.8 Å². The minimum Gasteiger partial charge on any atom is -0.480 e. The van der Waals surface area contributed by atoms with E-state index in [-0.39, 0.29) is 13.0 Å². The summed E-state index contributed by atoms with van der Waals surface area (Å²) in [5.74, 6) is 4.30. The average molecular weight is 252 g/mol. The van der Waals surface area contributed by atoms with Gasteiger partial charge in [0.15, 0.2) is 6.04 Å². The first-order valence-electron chi connectivity index (χ1n) is 5.53. The number of hydrazine groups is 1. The highest BCUT2D eigenvalue weighted by Crippen LogP contribution is 2.08. The number of carboxylic acids is 1. The maximum absolute atomic E-state index is 11.4. The molecule has 0 saturated heterocycles. The van der Waals surface area contributed by atoms with E-state index < -0.39 is 18.1 Å². The van der Waals surface area contributed by atoms with Gasteiger partial charge in [-0.2, -0.15) is 0 Å². The largest absolute Gasteiger partial charge is 0.480 e. The molecule has 1 amide bonds. The standard InChI is InChI=1S/C12H16N2O4/c1-2-18-12(17)14(13)10(11(15)16)8-9-6-4-3-5-7-9/h3-7,10H,2,8,13H2,1H3,(H,15,16). The molecule has 0 bridgehead atoms. The zero-order valence-electron chi connectivity index (χ0n) is 10.1. The van der Waals surface area contributed by atoms with Crippen molar-refractivity contribution >= 4 is 12.1 Å². The van der Waals surface area contributed by atoms with Gasteiger partial charge >= 0.3 is 12.1 Å². The van der Waals surface area contributed by atoms with Gasteiger partial charge in [-0.05, 0) is 12.5 Å². The number of amides is 1. The molecule has 0 spiro atoms. The van der Waals surface area contributed by atoms with Crippen molar-refractivity contribution in [2.45, 2.75) is 19.4 Å². The van der Waals surface area contributed by atoms with E-state index >= 15 is 0 Å². The summed E-state index contributed by atoms with van der Waals surface area (Å²) in [4.78, 5) is 22.5. The first-order chi connectivity index (χ1) is 8.56. The van der Waals surface area contributed by atoms with Crippen molar-refractivity contribution in [2.75, 3.05) is 6.61 Å². The quantitative estimate of drug-likeness (QED) is 0.463. The Balaban J connectivity index is 2.77. The summed E-state index contributed by atoms with van der Waals surface area (Å²) in [5, 5.41) is 9.70. The average Bonchev–Trinajstić information content (AvgIpc) is 2.36. The number of carbonyl (C=O) groups excluding carboxylic acids is 1. The Labute approximate surface area is 105 Å². The van der Waals surface area contributed by atoms with Gasteiger partial charge in [0.05, 0.1) is 6.61 Å². The number of carboxylic acid groups (broad SMARTS) is 1. The zero-order chi connectivity index (χ0) is 13.5. The predicted octanol–water partition coefficient (Wildman–Crippen LogP) is 1.01. The highest BCUT2D eigenvalue weighted by atomic mass is 16.6. The first kappa shape index (κ1) is 14.0. The third-order valence-electron chi connectivity index (χ3n) is 2.37. The molecule has 0 aliphatic carbocycles. The Kier molecular flexibility index (Phi) is 5.13. The van der Waals surface area contributed by atoms with Gasteiger partial charge in [0.2, 0.25) is 0 Å². The van der Waals surface area contributed by atoms with Crippen LogP contribution < -0.4 is 5.84 Å². The van der Waals surface area contributed by atoms with Gasteiger partial charge in [-0.3, -0.25) is 0 Å². The zero-order valence-corrected chi connectivity index (χ0v) is 10.1. The summed E-state index contributed by atoms with van der Waals surface area (Å²) < 4.78 is 4.67. The van der Waals surface area contributed by atoms with Gasteiger partial charge in [0.1, 0.15) is 0 Å². The van der Waals surface area contributed by atoms with Gasteiger partial charge in [0.25, 0.3) is 0 Å². The molecule has 3 N–H and O–H groups in total. The van der Waals surface area contributed by atoms with E-state index in [1.807, 2.05) is 6.07 Å². The van der Waals surface area contributed by atoms with Gasteiger partial charge in [-0.15, -0.1) is 0 Å². The lowest BCUT2D eigenvalue weighted by Crippen LogP contribution is -2.51. The van der Waals surface area contributed by atoms with Crippen LogP contribution in [0.4, 0.5) is 4.79 Å². The van der Waals surface area contributed by atoms with Gasteiger partial charge in [-0.1, -0.05) is 30.3 Å². The lowest BCUT2D eigenvalue weighted by Gasteiger charge is -2.23. The number of rotatable bonds is 5. The third-order valence-corrected chi connectivity index (χ3v) is 2.37. The smallest absolute Gasteiger partial charge is 0.424 e. The molecular formula is C12H16N2O4. The van der Waals surface area contributed by atoms with E-state index in [9.17, 15) is 9.59 Å². The van der Waals surface area contributed by atoms with Crippen molar-refractivity contribution in [3.63, 3.8) is 0 Å². The molecule has 6 nitrogen and oxygen atoms in total. The summed E-state index contributed by atoms with van der Waals surface area (Å²) in [5.41, 5.74) is 0.782. The molecule has 1 unspecified atom stereocenters. The highest BCUT2D eigenvalue weighted by Gasteiger charge is 2.28. The predicted molar refractivity (Wildman–Crippen MR) is 64.6 cm³/mol. The van der Waals surface area contributed by atoms with E-state index in [1.165, 1.54) is 0 Å². The molecular weight excluding hydrogens is 236 g/mol. The number of hydrogen-bond acceptors (Lipinski definition) is 4. The van der Waals surface area contributed by atoms with Gasteiger partial charge in [0, 0.05) is 6.42 Å². The molecule has 0 aliphatic heterocycles. The minimum atomic E-state index is -1.17. The Bertz CT molecular complexity index is 408. The molecule has 98 valence electrons. The molecule has 6 heteroatoms. The lowest BCUT2D eigenvalue weighted by atomic mass is 10.1. The number of aliphatic carboxylic acids is 1. The van der Waals surface area contributed by atoms with Crippen molar-refractivity contribution in [1.29, 1.82) is 0 Å². The summed E-state index contributed by atoms with van der Waals surface area (Å²) in [6.07, 6.45) is -0.716. The number of benzene rings is 1. The van der Waals surface area contributed by atoms with E-state index in [2.05, 4.69) is 4.74 Å². The summed E-state index contributed by atoms with van der Waals surface area (Å²) in [6.45, 7) is 1.77. The van der Waals surface area contributed by atoms with Gasteiger partial charge in [-0.25, -0.2) is 20.4 Å². The van der Waals surface area contributed by atoms with E-state index in [1.54, 1.807) is 31.2 Å². The number of nitrogens with two attached hydrogens (primary N) is 1. The lowest BCUT2D eigenvalue weighted by molar-refractivity contribution is -0.142. The molecule has 0 fully saturated rings. The van der Waals surface area contributed by atoms with Crippen molar-refractivity contribution < 1.29 is 19.4 Å². The van der Waals surface area contributed by atoms with Crippen LogP contribution in [0, 0.1) is 0 Å². The van der Waals surface area contributed by atoms with Crippen molar-refractivity contribution in [1.82, 2.24) is 5.01 Å². The molecule has 1 aromatic rings. The molecule has 0 saturated carbocycles. The van der Waals surface area contributed by atoms with E-state index in [0.29, 0.717) is 5.01 Å². The molecule has 18 heavy (non-hydrogen) atoms. The second-order valence-corrected chi connectivity index (χ2v) is 3.65. The van der Waals surface area contributed by atoms with Crippen molar-refractivity contribution in [3.05, 3.63) is 35.9 Å². The van der Waals surface area contributed by atoms with Crippen LogP contribution in [0.15, 0.2) is 30.3 Å². The van der Waals surface area contributed by atoms with Crippen LogP contribution in [0.5, 0.6) is 0 Å².